The Labute approximate surface area is 129 Å². The van der Waals surface area contributed by atoms with Crippen LogP contribution in [0.2, 0.25) is 5.02 Å². The zero-order valence-corrected chi connectivity index (χ0v) is 12.6. The van der Waals surface area contributed by atoms with Crippen LogP contribution in [0.1, 0.15) is 5.56 Å². The lowest BCUT2D eigenvalue weighted by Crippen LogP contribution is -2.51. The van der Waals surface area contributed by atoms with Crippen molar-refractivity contribution in [1.29, 1.82) is 0 Å². The molecule has 2 N–H and O–H groups in total. The van der Waals surface area contributed by atoms with Gasteiger partial charge in [-0.15, -0.1) is 0 Å². The van der Waals surface area contributed by atoms with Crippen LogP contribution in [0.15, 0.2) is 30.5 Å². The minimum atomic E-state index is -0.100. The van der Waals surface area contributed by atoms with Gasteiger partial charge in [-0.3, -0.25) is 4.90 Å². The number of aliphatic hydroxyl groups excluding tert-OH is 1. The Hall–Kier alpha value is -1.56. The van der Waals surface area contributed by atoms with E-state index in [1.165, 1.54) is 0 Å². The molecule has 6 heteroatoms. The summed E-state index contributed by atoms with van der Waals surface area (Å²) < 4.78 is 0. The first kappa shape index (κ1) is 15.8. The Morgan fingerprint density at radius 3 is 2.76 bits per heavy atom. The van der Waals surface area contributed by atoms with Gasteiger partial charge >= 0.3 is 6.03 Å². The molecule has 0 bridgehead atoms. The van der Waals surface area contributed by atoms with Crippen LogP contribution in [0.4, 0.5) is 4.79 Å². The number of carbonyl (C=O) groups is 1. The molecule has 0 unspecified atom stereocenters. The number of carbonyl (C=O) groups excluding carboxylic acids is 1. The van der Waals surface area contributed by atoms with Crippen LogP contribution >= 0.6 is 11.6 Å². The van der Waals surface area contributed by atoms with Crippen LogP contribution in [0.3, 0.4) is 0 Å². The van der Waals surface area contributed by atoms with Gasteiger partial charge in [0, 0.05) is 43.9 Å². The highest BCUT2D eigenvalue weighted by atomic mass is 35.5. The van der Waals surface area contributed by atoms with E-state index in [1.54, 1.807) is 11.1 Å². The van der Waals surface area contributed by atoms with Gasteiger partial charge in [0.2, 0.25) is 0 Å². The van der Waals surface area contributed by atoms with Crippen LogP contribution < -0.4 is 5.32 Å². The van der Waals surface area contributed by atoms with Gasteiger partial charge in [0.15, 0.2) is 0 Å². The number of benzene rings is 1. The molecule has 5 nitrogen and oxygen atoms in total. The summed E-state index contributed by atoms with van der Waals surface area (Å²) in [5.74, 6) is 0. The number of urea groups is 1. The summed E-state index contributed by atoms with van der Waals surface area (Å²) in [6.07, 6.45) is 3.44. The Kier molecular flexibility index (Phi) is 6.04. The summed E-state index contributed by atoms with van der Waals surface area (Å²) in [4.78, 5) is 15.9. The van der Waals surface area contributed by atoms with Gasteiger partial charge in [-0.2, -0.15) is 0 Å². The molecule has 21 heavy (non-hydrogen) atoms. The summed E-state index contributed by atoms with van der Waals surface area (Å²) in [5.41, 5.74) is 0.940. The van der Waals surface area contributed by atoms with Crippen LogP contribution in [-0.2, 0) is 0 Å². The molecular formula is C15H20ClN3O2. The minimum absolute atomic E-state index is 0.100. The highest BCUT2D eigenvalue weighted by molar-refractivity contribution is 6.30. The summed E-state index contributed by atoms with van der Waals surface area (Å²) >= 11 is 5.90. The number of nitrogens with zero attached hydrogens (tertiary/aromatic N) is 2. The second-order valence-electron chi connectivity index (χ2n) is 4.89. The lowest BCUT2D eigenvalue weighted by atomic mass is 10.2. The van der Waals surface area contributed by atoms with Gasteiger partial charge in [0.25, 0.3) is 0 Å². The summed E-state index contributed by atoms with van der Waals surface area (Å²) in [6.45, 7) is 3.78. The molecule has 2 amide bonds. The maximum atomic E-state index is 12.0. The summed E-state index contributed by atoms with van der Waals surface area (Å²) in [5, 5.41) is 12.3. The van der Waals surface area contributed by atoms with Crippen molar-refractivity contribution in [1.82, 2.24) is 15.1 Å². The zero-order valence-electron chi connectivity index (χ0n) is 11.8. The monoisotopic (exact) mass is 309 g/mol. The van der Waals surface area contributed by atoms with E-state index in [4.69, 9.17) is 16.7 Å². The molecule has 0 saturated carbocycles. The predicted octanol–water partition coefficient (Wildman–Crippen LogP) is 1.63. The standard InChI is InChI=1S/C15H20ClN3O2/c16-14-3-1-2-13(12-14)4-5-17-15(21)19-8-6-18(7-9-19)10-11-20/h1-5,12,20H,6-11H2,(H,17,21)/b5-4+. The number of amides is 2. The first-order chi connectivity index (χ1) is 10.2. The van der Waals surface area contributed by atoms with E-state index in [-0.39, 0.29) is 12.6 Å². The second-order valence-corrected chi connectivity index (χ2v) is 5.33. The van der Waals surface area contributed by atoms with E-state index < -0.39 is 0 Å². The van der Waals surface area contributed by atoms with E-state index in [9.17, 15) is 4.79 Å². The molecule has 1 saturated heterocycles. The molecule has 1 aromatic carbocycles. The first-order valence-corrected chi connectivity index (χ1v) is 7.37. The van der Waals surface area contributed by atoms with Crippen molar-refractivity contribution in [3.63, 3.8) is 0 Å². The molecule has 0 radical (unpaired) electrons. The van der Waals surface area contributed by atoms with Crippen molar-refractivity contribution in [2.24, 2.45) is 0 Å². The normalized spacial score (nSPS) is 16.4. The van der Waals surface area contributed by atoms with E-state index >= 15 is 0 Å². The Bertz CT molecular complexity index is 499. The van der Waals surface area contributed by atoms with E-state index in [2.05, 4.69) is 10.2 Å². The van der Waals surface area contributed by atoms with Gasteiger partial charge in [0.05, 0.1) is 6.61 Å². The fourth-order valence-corrected chi connectivity index (χ4v) is 2.43. The van der Waals surface area contributed by atoms with Gasteiger partial charge in [-0.25, -0.2) is 4.79 Å². The Balaban J connectivity index is 1.77. The number of piperazine rings is 1. The van der Waals surface area contributed by atoms with E-state index in [0.717, 1.165) is 18.7 Å². The minimum Gasteiger partial charge on any atom is -0.395 e. The molecular weight excluding hydrogens is 290 g/mol. The molecule has 1 heterocycles. The molecule has 1 aliphatic heterocycles. The highest BCUT2D eigenvalue weighted by Gasteiger charge is 2.19. The van der Waals surface area contributed by atoms with Gasteiger partial charge in [-0.05, 0) is 23.8 Å². The van der Waals surface area contributed by atoms with Crippen LogP contribution in [-0.4, -0.2) is 60.3 Å². The molecule has 1 aliphatic rings. The third-order valence-corrected chi connectivity index (χ3v) is 3.64. The van der Waals surface area contributed by atoms with Crippen LogP contribution in [0, 0.1) is 0 Å². The maximum Gasteiger partial charge on any atom is 0.321 e. The molecule has 2 rings (SSSR count). The fourth-order valence-electron chi connectivity index (χ4n) is 2.23. The fraction of sp³-hybridized carbons (Fsp3) is 0.400. The van der Waals surface area contributed by atoms with Crippen molar-refractivity contribution in [3.05, 3.63) is 41.1 Å². The smallest absolute Gasteiger partial charge is 0.321 e. The van der Waals surface area contributed by atoms with E-state index in [1.807, 2.05) is 30.3 Å². The van der Waals surface area contributed by atoms with Crippen molar-refractivity contribution >= 4 is 23.7 Å². The number of β-amino-alcohol motifs (C(OH)–C–C–N with tert-alkyl or cyclic N) is 1. The van der Waals surface area contributed by atoms with Crippen molar-refractivity contribution < 1.29 is 9.90 Å². The lowest BCUT2D eigenvalue weighted by molar-refractivity contribution is 0.123. The van der Waals surface area contributed by atoms with Crippen LogP contribution in [0.25, 0.3) is 6.08 Å². The third-order valence-electron chi connectivity index (χ3n) is 3.41. The van der Waals surface area contributed by atoms with Gasteiger partial charge < -0.3 is 15.3 Å². The lowest BCUT2D eigenvalue weighted by Gasteiger charge is -2.33. The number of hydrogen-bond donors (Lipinski definition) is 2. The summed E-state index contributed by atoms with van der Waals surface area (Å²) in [6, 6.07) is 7.32. The molecule has 1 fully saturated rings. The second kappa shape index (κ2) is 8.02. The molecule has 0 atom stereocenters. The predicted molar refractivity (Wildman–Crippen MR) is 84.1 cm³/mol. The average Bonchev–Trinajstić information content (AvgIpc) is 2.48. The maximum absolute atomic E-state index is 12.0. The molecule has 0 aliphatic carbocycles. The zero-order chi connectivity index (χ0) is 15.1. The van der Waals surface area contributed by atoms with Crippen molar-refractivity contribution in [3.8, 4) is 0 Å². The Morgan fingerprint density at radius 2 is 2.10 bits per heavy atom. The Morgan fingerprint density at radius 1 is 1.33 bits per heavy atom. The average molecular weight is 310 g/mol. The van der Waals surface area contributed by atoms with Gasteiger partial charge in [0.1, 0.15) is 0 Å². The number of rotatable bonds is 4. The number of halogens is 1. The molecule has 1 aromatic rings. The SMILES string of the molecule is O=C(N/C=C/c1cccc(Cl)c1)N1CCN(CCO)CC1. The highest BCUT2D eigenvalue weighted by Crippen LogP contribution is 2.11. The summed E-state index contributed by atoms with van der Waals surface area (Å²) in [7, 11) is 0. The number of hydrogen-bond acceptors (Lipinski definition) is 3. The van der Waals surface area contributed by atoms with E-state index in [0.29, 0.717) is 24.7 Å². The number of aliphatic hydroxyl groups is 1. The first-order valence-electron chi connectivity index (χ1n) is 7.00. The van der Waals surface area contributed by atoms with Gasteiger partial charge in [-0.1, -0.05) is 23.7 Å². The third kappa shape index (κ3) is 5.04. The van der Waals surface area contributed by atoms with Crippen LogP contribution in [0.5, 0.6) is 0 Å². The van der Waals surface area contributed by atoms with Crippen molar-refractivity contribution in [2.45, 2.75) is 0 Å². The molecule has 0 aromatic heterocycles. The molecule has 0 spiro atoms. The number of nitrogens with one attached hydrogen (secondary N) is 1. The topological polar surface area (TPSA) is 55.8 Å². The molecule has 114 valence electrons. The largest absolute Gasteiger partial charge is 0.395 e. The quantitative estimate of drug-likeness (QED) is 0.889. The van der Waals surface area contributed by atoms with Crippen molar-refractivity contribution in [2.75, 3.05) is 39.3 Å².